The van der Waals surface area contributed by atoms with E-state index in [2.05, 4.69) is 16.4 Å². The van der Waals surface area contributed by atoms with Crippen molar-refractivity contribution < 1.29 is 9.90 Å². The molecule has 0 unspecified atom stereocenters. The zero-order chi connectivity index (χ0) is 13.1. The molecule has 0 fully saturated rings. The van der Waals surface area contributed by atoms with Crippen molar-refractivity contribution in [3.63, 3.8) is 0 Å². The first-order chi connectivity index (χ1) is 8.54. The first kappa shape index (κ1) is 12.1. The van der Waals surface area contributed by atoms with Gasteiger partial charge in [0.2, 0.25) is 0 Å². The lowest BCUT2D eigenvalue weighted by Gasteiger charge is -2.08. The summed E-state index contributed by atoms with van der Waals surface area (Å²) in [6.07, 6.45) is 1.48. The number of aryl methyl sites for hydroxylation is 2. The van der Waals surface area contributed by atoms with Crippen LogP contribution in [0.2, 0.25) is 0 Å². The minimum atomic E-state index is -1.03. The number of aromatic carboxylic acids is 1. The highest BCUT2D eigenvalue weighted by molar-refractivity contribution is 5.86. The molecule has 0 atom stereocenters. The van der Waals surface area contributed by atoms with Gasteiger partial charge in [-0.15, -0.1) is 0 Å². The van der Waals surface area contributed by atoms with Gasteiger partial charge >= 0.3 is 5.97 Å². The van der Waals surface area contributed by atoms with Gasteiger partial charge in [0.25, 0.3) is 0 Å². The number of hydrogen-bond donors (Lipinski definition) is 2. The number of carbonyl (C=O) groups is 1. The number of hydrogen-bond acceptors (Lipinski definition) is 3. The monoisotopic (exact) mass is 242 g/mol. The van der Waals surface area contributed by atoms with E-state index in [1.54, 1.807) is 6.07 Å². The van der Waals surface area contributed by atoms with E-state index in [-0.39, 0.29) is 5.69 Å². The molecule has 0 radical (unpaired) electrons. The van der Waals surface area contributed by atoms with Crippen LogP contribution < -0.4 is 5.32 Å². The largest absolute Gasteiger partial charge is 0.477 e. The van der Waals surface area contributed by atoms with Crippen LogP contribution in [0, 0.1) is 13.8 Å². The third-order valence-electron chi connectivity index (χ3n) is 2.49. The van der Waals surface area contributed by atoms with E-state index in [4.69, 9.17) is 5.11 Å². The lowest BCUT2D eigenvalue weighted by atomic mass is 10.1. The summed E-state index contributed by atoms with van der Waals surface area (Å²) in [7, 11) is 0. The van der Waals surface area contributed by atoms with Crippen molar-refractivity contribution in [2.24, 2.45) is 0 Å². The first-order valence-corrected chi connectivity index (χ1v) is 5.59. The van der Waals surface area contributed by atoms with E-state index >= 15 is 0 Å². The normalized spacial score (nSPS) is 10.1. The average molecular weight is 242 g/mol. The Labute approximate surface area is 105 Å². The quantitative estimate of drug-likeness (QED) is 0.868. The number of nitrogens with zero attached hydrogens (tertiary/aromatic N) is 1. The molecule has 2 aromatic rings. The van der Waals surface area contributed by atoms with E-state index in [1.807, 2.05) is 26.0 Å². The minimum absolute atomic E-state index is 0.0318. The van der Waals surface area contributed by atoms with Gasteiger partial charge in [-0.25, -0.2) is 9.78 Å². The van der Waals surface area contributed by atoms with Gasteiger partial charge in [-0.1, -0.05) is 6.07 Å². The Morgan fingerprint density at radius 2 is 1.78 bits per heavy atom. The first-order valence-electron chi connectivity index (χ1n) is 5.59. The maximum absolute atomic E-state index is 10.8. The van der Waals surface area contributed by atoms with Crippen molar-refractivity contribution in [1.29, 1.82) is 0 Å². The molecule has 0 spiro atoms. The van der Waals surface area contributed by atoms with Crippen LogP contribution in [0.15, 0.2) is 36.5 Å². The zero-order valence-corrected chi connectivity index (χ0v) is 10.3. The van der Waals surface area contributed by atoms with Gasteiger partial charge in [0.05, 0.1) is 0 Å². The second-order valence-corrected chi connectivity index (χ2v) is 4.24. The van der Waals surface area contributed by atoms with Crippen molar-refractivity contribution in [3.8, 4) is 0 Å². The third kappa shape index (κ3) is 2.85. The molecular formula is C14H14N2O2. The van der Waals surface area contributed by atoms with Crippen LogP contribution in [0.4, 0.5) is 11.4 Å². The fourth-order valence-electron chi connectivity index (χ4n) is 1.84. The maximum atomic E-state index is 10.8. The number of rotatable bonds is 3. The van der Waals surface area contributed by atoms with Crippen molar-refractivity contribution in [1.82, 2.24) is 4.98 Å². The Kier molecular flexibility index (Phi) is 3.28. The van der Waals surface area contributed by atoms with E-state index in [1.165, 1.54) is 12.3 Å². The number of carboxylic acid groups (broad SMARTS) is 1. The fourth-order valence-corrected chi connectivity index (χ4v) is 1.84. The summed E-state index contributed by atoms with van der Waals surface area (Å²) in [5.74, 6) is -1.03. The summed E-state index contributed by atoms with van der Waals surface area (Å²) in [5.41, 5.74) is 4.00. The second kappa shape index (κ2) is 4.87. The highest BCUT2D eigenvalue weighted by Crippen LogP contribution is 2.19. The van der Waals surface area contributed by atoms with Crippen LogP contribution in [0.25, 0.3) is 0 Å². The van der Waals surface area contributed by atoms with Crippen LogP contribution >= 0.6 is 0 Å². The summed E-state index contributed by atoms with van der Waals surface area (Å²) in [5, 5.41) is 12.1. The summed E-state index contributed by atoms with van der Waals surface area (Å²) < 4.78 is 0. The van der Waals surface area contributed by atoms with Gasteiger partial charge in [0.1, 0.15) is 5.69 Å². The molecule has 0 saturated carbocycles. The second-order valence-electron chi connectivity index (χ2n) is 4.24. The summed E-state index contributed by atoms with van der Waals surface area (Å²) in [6.45, 7) is 4.04. The van der Waals surface area contributed by atoms with Crippen LogP contribution in [-0.4, -0.2) is 16.1 Å². The van der Waals surface area contributed by atoms with E-state index < -0.39 is 5.97 Å². The standard InChI is InChI=1S/C14H14N2O2/c1-9-5-10(2)7-12(6-9)16-11-3-4-15-13(8-11)14(17)18/h3-8H,1-2H3,(H,15,16)(H,17,18). The lowest BCUT2D eigenvalue weighted by Crippen LogP contribution is -2.01. The van der Waals surface area contributed by atoms with Crippen molar-refractivity contribution in [3.05, 3.63) is 53.3 Å². The molecule has 1 aromatic heterocycles. The molecule has 1 heterocycles. The Morgan fingerprint density at radius 1 is 1.11 bits per heavy atom. The lowest BCUT2D eigenvalue weighted by molar-refractivity contribution is 0.0690. The molecule has 0 aliphatic carbocycles. The molecule has 2 N–H and O–H groups in total. The number of carboxylic acids is 1. The number of pyridine rings is 1. The third-order valence-corrected chi connectivity index (χ3v) is 2.49. The highest BCUT2D eigenvalue weighted by Gasteiger charge is 2.05. The number of nitrogens with one attached hydrogen (secondary N) is 1. The molecule has 1 aromatic carbocycles. The fraction of sp³-hybridized carbons (Fsp3) is 0.143. The van der Waals surface area contributed by atoms with Crippen LogP contribution in [0.5, 0.6) is 0 Å². The van der Waals surface area contributed by atoms with Gasteiger partial charge in [-0.2, -0.15) is 0 Å². The van der Waals surface area contributed by atoms with E-state index in [0.717, 1.165) is 16.8 Å². The van der Waals surface area contributed by atoms with Crippen molar-refractivity contribution >= 4 is 17.3 Å². The molecule has 2 rings (SSSR count). The highest BCUT2D eigenvalue weighted by atomic mass is 16.4. The smallest absolute Gasteiger partial charge is 0.354 e. The molecule has 18 heavy (non-hydrogen) atoms. The molecule has 0 amide bonds. The minimum Gasteiger partial charge on any atom is -0.477 e. The molecule has 4 nitrogen and oxygen atoms in total. The SMILES string of the molecule is Cc1cc(C)cc(Nc2ccnc(C(=O)O)c2)c1. The topological polar surface area (TPSA) is 62.2 Å². The molecule has 92 valence electrons. The summed E-state index contributed by atoms with van der Waals surface area (Å²) in [4.78, 5) is 14.6. The van der Waals surface area contributed by atoms with Crippen LogP contribution in [0.1, 0.15) is 21.6 Å². The Balaban J connectivity index is 2.28. The van der Waals surface area contributed by atoms with Gasteiger partial charge in [-0.3, -0.25) is 0 Å². The molecule has 0 saturated heterocycles. The molecular weight excluding hydrogens is 228 g/mol. The average Bonchev–Trinajstić information content (AvgIpc) is 2.27. The Bertz CT molecular complexity index is 574. The molecule has 0 aliphatic rings. The van der Waals surface area contributed by atoms with Crippen molar-refractivity contribution in [2.45, 2.75) is 13.8 Å². The number of anilines is 2. The van der Waals surface area contributed by atoms with Crippen LogP contribution in [-0.2, 0) is 0 Å². The summed E-state index contributed by atoms with van der Waals surface area (Å²) in [6, 6.07) is 9.35. The predicted molar refractivity (Wildman–Crippen MR) is 70.4 cm³/mol. The van der Waals surface area contributed by atoms with E-state index in [9.17, 15) is 4.79 Å². The van der Waals surface area contributed by atoms with Crippen molar-refractivity contribution in [2.75, 3.05) is 5.32 Å². The molecule has 0 bridgehead atoms. The molecule has 0 aliphatic heterocycles. The molecule has 4 heteroatoms. The van der Waals surface area contributed by atoms with Crippen LogP contribution in [0.3, 0.4) is 0 Å². The van der Waals surface area contributed by atoms with E-state index in [0.29, 0.717) is 5.69 Å². The van der Waals surface area contributed by atoms with Gasteiger partial charge in [-0.05, 0) is 49.2 Å². The summed E-state index contributed by atoms with van der Waals surface area (Å²) >= 11 is 0. The Hall–Kier alpha value is -2.36. The zero-order valence-electron chi connectivity index (χ0n) is 10.3. The number of benzene rings is 1. The predicted octanol–water partition coefficient (Wildman–Crippen LogP) is 3.14. The maximum Gasteiger partial charge on any atom is 0.354 e. The van der Waals surface area contributed by atoms with Gasteiger partial charge < -0.3 is 10.4 Å². The Morgan fingerprint density at radius 3 is 2.39 bits per heavy atom. The van der Waals surface area contributed by atoms with Gasteiger partial charge in [0, 0.05) is 17.6 Å². The number of aromatic nitrogens is 1. The van der Waals surface area contributed by atoms with Gasteiger partial charge in [0.15, 0.2) is 0 Å².